The van der Waals surface area contributed by atoms with Crippen molar-refractivity contribution in [3.63, 3.8) is 0 Å². The lowest BCUT2D eigenvalue weighted by Crippen LogP contribution is -2.22. The van der Waals surface area contributed by atoms with Crippen molar-refractivity contribution in [1.82, 2.24) is 19.4 Å². The summed E-state index contributed by atoms with van der Waals surface area (Å²) in [5.41, 5.74) is 1.83. The number of hydrogen-bond acceptors (Lipinski definition) is 5. The number of carbonyl (C=O) groups is 1. The maximum Gasteiger partial charge on any atom is 0.275 e. The molecule has 28 heavy (non-hydrogen) atoms. The molecule has 150 valence electrons. The number of carbonyl (C=O) groups excluding carboxylic acids is 1. The second-order valence-corrected chi connectivity index (χ2v) is 14.7. The van der Waals surface area contributed by atoms with Crippen LogP contribution in [-0.4, -0.2) is 54.1 Å². The van der Waals surface area contributed by atoms with Crippen LogP contribution in [-0.2, 0) is 11.5 Å². The Morgan fingerprint density at radius 1 is 1.36 bits per heavy atom. The van der Waals surface area contributed by atoms with Gasteiger partial charge in [-0.2, -0.15) is 0 Å². The Balaban J connectivity index is 1.90. The zero-order valence-electron chi connectivity index (χ0n) is 16.8. The Kier molecular flexibility index (Phi) is 6.06. The fourth-order valence-corrected chi connectivity index (χ4v) is 3.77. The van der Waals surface area contributed by atoms with Gasteiger partial charge in [-0.15, -0.1) is 0 Å². The van der Waals surface area contributed by atoms with Crippen molar-refractivity contribution in [2.45, 2.75) is 32.4 Å². The third kappa shape index (κ3) is 4.71. The number of fused-ring (bicyclic) bond motifs is 1. The number of aromatic nitrogens is 3. The number of oxazole rings is 1. The van der Waals surface area contributed by atoms with Crippen molar-refractivity contribution < 1.29 is 13.9 Å². The Bertz CT molecular complexity index is 991. The summed E-state index contributed by atoms with van der Waals surface area (Å²) in [6.07, 6.45) is 5.05. The van der Waals surface area contributed by atoms with E-state index in [-0.39, 0.29) is 11.6 Å². The predicted molar refractivity (Wildman–Crippen MR) is 115 cm³/mol. The molecule has 0 radical (unpaired) electrons. The molecule has 9 heteroatoms. The van der Waals surface area contributed by atoms with Gasteiger partial charge in [0.1, 0.15) is 18.6 Å². The Morgan fingerprint density at radius 3 is 2.79 bits per heavy atom. The van der Waals surface area contributed by atoms with Crippen LogP contribution in [0.15, 0.2) is 33.6 Å². The van der Waals surface area contributed by atoms with E-state index < -0.39 is 8.07 Å². The maximum atomic E-state index is 12.1. The summed E-state index contributed by atoms with van der Waals surface area (Å²) in [5.74, 6) is 0.184. The molecule has 0 saturated carbocycles. The van der Waals surface area contributed by atoms with E-state index in [9.17, 15) is 4.79 Å². The summed E-state index contributed by atoms with van der Waals surface area (Å²) in [5, 5.41) is 0.883. The van der Waals surface area contributed by atoms with Gasteiger partial charge in [0.2, 0.25) is 5.89 Å². The third-order valence-corrected chi connectivity index (χ3v) is 6.40. The number of rotatable bonds is 7. The van der Waals surface area contributed by atoms with Gasteiger partial charge >= 0.3 is 0 Å². The van der Waals surface area contributed by atoms with Gasteiger partial charge in [-0.3, -0.25) is 4.79 Å². The summed E-state index contributed by atoms with van der Waals surface area (Å²) >= 11 is 3.47. The number of halogens is 1. The standard InChI is InChI=1S/C19H25BrN4O3Si/c1-23(2)19(25)16-11-27-18(22-16)15-10-24(12-26-6-7-28(3,4)5)17-14(15)8-13(20)9-21-17/h8-11H,6-7,12H2,1-5H3. The van der Waals surface area contributed by atoms with Crippen LogP contribution in [0.25, 0.3) is 22.5 Å². The second-order valence-electron chi connectivity index (χ2n) is 8.12. The van der Waals surface area contributed by atoms with Gasteiger partial charge in [0.25, 0.3) is 5.91 Å². The predicted octanol–water partition coefficient (Wildman–Crippen LogP) is 4.47. The fraction of sp³-hybridized carbons (Fsp3) is 0.421. The molecular formula is C19H25BrN4O3Si. The van der Waals surface area contributed by atoms with Gasteiger partial charge in [0, 0.05) is 51.0 Å². The van der Waals surface area contributed by atoms with E-state index in [2.05, 4.69) is 45.5 Å². The van der Waals surface area contributed by atoms with Gasteiger partial charge in [-0.1, -0.05) is 19.6 Å². The van der Waals surface area contributed by atoms with Crippen LogP contribution in [0.1, 0.15) is 10.5 Å². The van der Waals surface area contributed by atoms with E-state index in [0.717, 1.165) is 33.7 Å². The lowest BCUT2D eigenvalue weighted by atomic mass is 10.2. The smallest absolute Gasteiger partial charge is 0.275 e. The topological polar surface area (TPSA) is 73.4 Å². The average Bonchev–Trinajstić information content (AvgIpc) is 3.21. The quantitative estimate of drug-likeness (QED) is 0.380. The van der Waals surface area contributed by atoms with Crippen molar-refractivity contribution in [2.75, 3.05) is 20.7 Å². The lowest BCUT2D eigenvalue weighted by molar-refractivity contribution is 0.0822. The average molecular weight is 465 g/mol. The molecule has 0 aromatic carbocycles. The minimum absolute atomic E-state index is 0.201. The first-order valence-corrected chi connectivity index (χ1v) is 13.6. The van der Waals surface area contributed by atoms with Crippen LogP contribution in [0.2, 0.25) is 25.7 Å². The second kappa shape index (κ2) is 8.18. The van der Waals surface area contributed by atoms with Gasteiger partial charge in [-0.05, 0) is 28.0 Å². The van der Waals surface area contributed by atoms with Gasteiger partial charge < -0.3 is 18.6 Å². The Hall–Kier alpha value is -1.97. The molecule has 7 nitrogen and oxygen atoms in total. The maximum absolute atomic E-state index is 12.1. The largest absolute Gasteiger partial charge is 0.444 e. The molecule has 3 heterocycles. The summed E-state index contributed by atoms with van der Waals surface area (Å²) < 4.78 is 14.3. The van der Waals surface area contributed by atoms with Gasteiger partial charge in [0.15, 0.2) is 5.69 Å². The van der Waals surface area contributed by atoms with E-state index in [0.29, 0.717) is 12.6 Å². The summed E-state index contributed by atoms with van der Waals surface area (Å²) in [6, 6.07) is 3.07. The molecule has 3 rings (SSSR count). The highest BCUT2D eigenvalue weighted by Gasteiger charge is 2.20. The van der Waals surface area contributed by atoms with Crippen molar-refractivity contribution in [2.24, 2.45) is 0 Å². The van der Waals surface area contributed by atoms with Crippen LogP contribution in [0, 0.1) is 0 Å². The van der Waals surface area contributed by atoms with Crippen LogP contribution in [0.4, 0.5) is 0 Å². The molecule has 1 amide bonds. The number of ether oxygens (including phenoxy) is 1. The molecule has 0 N–H and O–H groups in total. The molecule has 0 fully saturated rings. The number of amides is 1. The first kappa shape index (κ1) is 20.8. The van der Waals surface area contributed by atoms with Crippen molar-refractivity contribution >= 4 is 40.9 Å². The van der Waals surface area contributed by atoms with Crippen LogP contribution in [0.5, 0.6) is 0 Å². The molecule has 0 aliphatic carbocycles. The minimum Gasteiger partial charge on any atom is -0.444 e. The summed E-state index contributed by atoms with van der Waals surface area (Å²) in [7, 11) is 2.23. The summed E-state index contributed by atoms with van der Waals surface area (Å²) in [6.45, 7) is 8.11. The van der Waals surface area contributed by atoms with Crippen LogP contribution in [0.3, 0.4) is 0 Å². The highest BCUT2D eigenvalue weighted by molar-refractivity contribution is 9.10. The molecule has 0 aliphatic rings. The molecule has 0 bridgehead atoms. The molecule has 3 aromatic heterocycles. The SMILES string of the molecule is CN(C)C(=O)c1coc(-c2cn(COCC[Si](C)(C)C)c3ncc(Br)cc23)n1. The van der Waals surface area contributed by atoms with E-state index in [1.54, 1.807) is 20.3 Å². The normalized spacial score (nSPS) is 11.9. The van der Waals surface area contributed by atoms with Crippen molar-refractivity contribution in [3.05, 3.63) is 34.9 Å². The van der Waals surface area contributed by atoms with E-state index in [1.165, 1.54) is 11.2 Å². The molecule has 0 saturated heterocycles. The van der Waals surface area contributed by atoms with E-state index in [4.69, 9.17) is 9.15 Å². The van der Waals surface area contributed by atoms with E-state index in [1.807, 2.05) is 16.8 Å². The van der Waals surface area contributed by atoms with Gasteiger partial charge in [0.05, 0.1) is 5.56 Å². The monoisotopic (exact) mass is 464 g/mol. The Labute approximate surface area is 173 Å². The molecule has 3 aromatic rings. The minimum atomic E-state index is -1.14. The molecular weight excluding hydrogens is 440 g/mol. The first-order valence-electron chi connectivity index (χ1n) is 9.05. The lowest BCUT2D eigenvalue weighted by Gasteiger charge is -2.15. The molecule has 0 unspecified atom stereocenters. The zero-order chi connectivity index (χ0) is 20.5. The Morgan fingerprint density at radius 2 is 2.11 bits per heavy atom. The third-order valence-electron chi connectivity index (χ3n) is 4.27. The number of hydrogen-bond donors (Lipinski definition) is 0. The van der Waals surface area contributed by atoms with Crippen LogP contribution >= 0.6 is 15.9 Å². The highest BCUT2D eigenvalue weighted by atomic mass is 79.9. The zero-order valence-corrected chi connectivity index (χ0v) is 19.4. The molecule has 0 aliphatic heterocycles. The van der Waals surface area contributed by atoms with E-state index >= 15 is 0 Å². The van der Waals surface area contributed by atoms with Crippen molar-refractivity contribution in [1.29, 1.82) is 0 Å². The van der Waals surface area contributed by atoms with Gasteiger partial charge in [-0.25, -0.2) is 9.97 Å². The first-order chi connectivity index (χ1) is 13.2. The molecule has 0 spiro atoms. The molecule has 0 atom stereocenters. The highest BCUT2D eigenvalue weighted by Crippen LogP contribution is 2.31. The fourth-order valence-electron chi connectivity index (χ4n) is 2.68. The van der Waals surface area contributed by atoms with Crippen molar-refractivity contribution in [3.8, 4) is 11.5 Å². The van der Waals surface area contributed by atoms with Crippen LogP contribution < -0.4 is 0 Å². The summed E-state index contributed by atoms with van der Waals surface area (Å²) in [4.78, 5) is 22.5. The number of pyridine rings is 1. The number of nitrogens with zero attached hydrogens (tertiary/aromatic N) is 4.